The van der Waals surface area contributed by atoms with E-state index in [0.29, 0.717) is 19.8 Å². The van der Waals surface area contributed by atoms with Gasteiger partial charge in [0.1, 0.15) is 0 Å². The average molecular weight is 357 g/mol. The van der Waals surface area contributed by atoms with E-state index in [1.165, 1.54) is 0 Å². The molecule has 1 saturated carbocycles. The molecule has 1 aliphatic rings. The molecular formula is C18H29ClN2O3. The molecule has 0 unspecified atom stereocenters. The van der Waals surface area contributed by atoms with Crippen molar-refractivity contribution in [3.8, 4) is 0 Å². The van der Waals surface area contributed by atoms with Gasteiger partial charge < -0.3 is 20.5 Å². The molecule has 5 nitrogen and oxygen atoms in total. The number of rotatable bonds is 8. The van der Waals surface area contributed by atoms with Crippen LogP contribution < -0.4 is 11.1 Å². The molecule has 1 fully saturated rings. The Kier molecular flexibility index (Phi) is 8.70. The van der Waals surface area contributed by atoms with Crippen molar-refractivity contribution in [2.24, 2.45) is 5.73 Å². The zero-order valence-electron chi connectivity index (χ0n) is 14.5. The molecule has 6 heteroatoms. The Morgan fingerprint density at radius 2 is 2.00 bits per heavy atom. The summed E-state index contributed by atoms with van der Waals surface area (Å²) < 4.78 is 11.0. The molecule has 136 valence electrons. The number of benzene rings is 1. The van der Waals surface area contributed by atoms with Crippen molar-refractivity contribution in [1.82, 2.24) is 0 Å². The number of hydrogen-bond donors (Lipinski definition) is 2. The number of halogens is 1. The first-order chi connectivity index (χ1) is 11.0. The van der Waals surface area contributed by atoms with Gasteiger partial charge in [0.25, 0.3) is 0 Å². The van der Waals surface area contributed by atoms with Crippen molar-refractivity contribution in [1.29, 1.82) is 0 Å². The van der Waals surface area contributed by atoms with E-state index in [0.717, 1.165) is 36.9 Å². The first-order valence-electron chi connectivity index (χ1n) is 8.38. The van der Waals surface area contributed by atoms with Crippen molar-refractivity contribution in [3.63, 3.8) is 0 Å². The Balaban J connectivity index is 0.00000288. The van der Waals surface area contributed by atoms with E-state index in [-0.39, 0.29) is 24.4 Å². The smallest absolute Gasteiger partial charge is 0.244 e. The van der Waals surface area contributed by atoms with Crippen LogP contribution in [0.15, 0.2) is 24.3 Å². The minimum absolute atomic E-state index is 0. The van der Waals surface area contributed by atoms with Crippen LogP contribution in [0.25, 0.3) is 0 Å². The van der Waals surface area contributed by atoms with Crippen molar-refractivity contribution in [2.75, 3.05) is 18.5 Å². The molecule has 0 spiro atoms. The van der Waals surface area contributed by atoms with Crippen molar-refractivity contribution < 1.29 is 14.3 Å². The summed E-state index contributed by atoms with van der Waals surface area (Å²) in [6, 6.07) is 7.70. The highest BCUT2D eigenvalue weighted by molar-refractivity contribution is 5.98. The molecule has 0 aliphatic heterocycles. The zero-order valence-corrected chi connectivity index (χ0v) is 15.4. The second kappa shape index (κ2) is 9.99. The van der Waals surface area contributed by atoms with Gasteiger partial charge in [-0.25, -0.2) is 0 Å². The van der Waals surface area contributed by atoms with E-state index in [1.807, 2.05) is 38.1 Å². The summed E-state index contributed by atoms with van der Waals surface area (Å²) in [6.45, 7) is 5.64. The molecule has 1 aromatic carbocycles. The fourth-order valence-corrected chi connectivity index (χ4v) is 2.76. The molecule has 1 aromatic rings. The van der Waals surface area contributed by atoms with Gasteiger partial charge in [-0.15, -0.1) is 12.4 Å². The van der Waals surface area contributed by atoms with Gasteiger partial charge in [-0.2, -0.15) is 0 Å². The summed E-state index contributed by atoms with van der Waals surface area (Å²) in [5.41, 5.74) is 7.26. The maximum Gasteiger partial charge on any atom is 0.244 e. The van der Waals surface area contributed by atoms with Crippen LogP contribution in [0.1, 0.15) is 45.1 Å². The van der Waals surface area contributed by atoms with Crippen LogP contribution >= 0.6 is 12.4 Å². The third-order valence-electron chi connectivity index (χ3n) is 4.08. The van der Waals surface area contributed by atoms with Crippen LogP contribution in [0.2, 0.25) is 0 Å². The van der Waals surface area contributed by atoms with Gasteiger partial charge in [0, 0.05) is 5.69 Å². The molecule has 0 saturated heterocycles. The monoisotopic (exact) mass is 356 g/mol. The lowest BCUT2D eigenvalue weighted by atomic mass is 9.98. The van der Waals surface area contributed by atoms with Gasteiger partial charge in [-0.1, -0.05) is 25.0 Å². The fraction of sp³-hybridized carbons (Fsp3) is 0.611. The van der Waals surface area contributed by atoms with E-state index in [1.54, 1.807) is 0 Å². The summed E-state index contributed by atoms with van der Waals surface area (Å²) >= 11 is 0. The lowest BCUT2D eigenvalue weighted by molar-refractivity contribution is -0.121. The predicted octanol–water partition coefficient (Wildman–Crippen LogP) is 3.26. The minimum Gasteiger partial charge on any atom is -0.376 e. The lowest BCUT2D eigenvalue weighted by Crippen LogP contribution is -2.48. The third kappa shape index (κ3) is 6.40. The minimum atomic E-state index is -0.708. The van der Waals surface area contributed by atoms with Gasteiger partial charge in [-0.3, -0.25) is 4.79 Å². The molecule has 0 aromatic heterocycles. The number of nitrogens with one attached hydrogen (secondary N) is 1. The Morgan fingerprint density at radius 3 is 2.67 bits per heavy atom. The van der Waals surface area contributed by atoms with Crippen molar-refractivity contribution in [3.05, 3.63) is 29.8 Å². The standard InChI is InChI=1S/C18H28N2O3.ClH/c1-14(2)23-11-10-22-13-15-6-5-7-16(12-15)20-17(21)18(19)8-3-4-9-18;/h5-7,12,14H,3-4,8-11,13,19H2,1-2H3,(H,20,21);1H. The summed E-state index contributed by atoms with van der Waals surface area (Å²) in [5.74, 6) is -0.0848. The molecule has 1 aliphatic carbocycles. The third-order valence-corrected chi connectivity index (χ3v) is 4.08. The number of carbonyl (C=O) groups excluding carboxylic acids is 1. The molecule has 24 heavy (non-hydrogen) atoms. The molecule has 2 rings (SSSR count). The maximum atomic E-state index is 12.3. The number of carbonyl (C=O) groups is 1. The summed E-state index contributed by atoms with van der Waals surface area (Å²) in [4.78, 5) is 12.3. The highest BCUT2D eigenvalue weighted by Crippen LogP contribution is 2.28. The maximum absolute atomic E-state index is 12.3. The van der Waals surface area contributed by atoms with Crippen LogP contribution in [0, 0.1) is 0 Å². The number of ether oxygens (including phenoxy) is 2. The van der Waals surface area contributed by atoms with E-state index in [9.17, 15) is 4.79 Å². The fourth-order valence-electron chi connectivity index (χ4n) is 2.76. The van der Waals surface area contributed by atoms with Crippen LogP contribution in [-0.4, -0.2) is 30.8 Å². The SMILES string of the molecule is CC(C)OCCOCc1cccc(NC(=O)C2(N)CCCC2)c1.Cl. The molecule has 0 bridgehead atoms. The average Bonchev–Trinajstić information content (AvgIpc) is 2.95. The highest BCUT2D eigenvalue weighted by atomic mass is 35.5. The Bertz CT molecular complexity index is 517. The van der Waals surface area contributed by atoms with Crippen molar-refractivity contribution >= 4 is 24.0 Å². The largest absolute Gasteiger partial charge is 0.376 e. The van der Waals surface area contributed by atoms with Gasteiger partial charge in [0.05, 0.1) is 31.5 Å². The summed E-state index contributed by atoms with van der Waals surface area (Å²) in [7, 11) is 0. The Morgan fingerprint density at radius 1 is 1.29 bits per heavy atom. The molecule has 1 amide bonds. The Labute approximate surface area is 150 Å². The highest BCUT2D eigenvalue weighted by Gasteiger charge is 2.36. The van der Waals surface area contributed by atoms with E-state index < -0.39 is 5.54 Å². The van der Waals surface area contributed by atoms with Gasteiger partial charge in [-0.05, 0) is 44.4 Å². The second-order valence-corrected chi connectivity index (χ2v) is 6.49. The summed E-state index contributed by atoms with van der Waals surface area (Å²) in [6.07, 6.45) is 3.79. The van der Waals surface area contributed by atoms with Crippen LogP contribution in [0.4, 0.5) is 5.69 Å². The van der Waals surface area contributed by atoms with Crippen LogP contribution in [-0.2, 0) is 20.9 Å². The first-order valence-corrected chi connectivity index (χ1v) is 8.38. The topological polar surface area (TPSA) is 73.6 Å². The van der Waals surface area contributed by atoms with Crippen molar-refractivity contribution in [2.45, 2.75) is 57.8 Å². The second-order valence-electron chi connectivity index (χ2n) is 6.49. The van der Waals surface area contributed by atoms with Gasteiger partial charge in [0.15, 0.2) is 0 Å². The van der Waals surface area contributed by atoms with E-state index in [2.05, 4.69) is 5.32 Å². The Hall–Kier alpha value is -1.14. The summed E-state index contributed by atoms with van der Waals surface area (Å²) in [5, 5.41) is 2.94. The number of nitrogens with two attached hydrogens (primary N) is 1. The molecular weight excluding hydrogens is 328 g/mol. The molecule has 0 radical (unpaired) electrons. The number of amides is 1. The predicted molar refractivity (Wildman–Crippen MR) is 98.5 cm³/mol. The normalized spacial score (nSPS) is 16.0. The van der Waals surface area contributed by atoms with E-state index >= 15 is 0 Å². The number of anilines is 1. The lowest BCUT2D eigenvalue weighted by Gasteiger charge is -2.22. The van der Waals surface area contributed by atoms with Gasteiger partial charge in [0.2, 0.25) is 5.91 Å². The molecule has 0 heterocycles. The van der Waals surface area contributed by atoms with Crippen LogP contribution in [0.3, 0.4) is 0 Å². The first kappa shape index (κ1) is 20.9. The number of hydrogen-bond acceptors (Lipinski definition) is 4. The molecule has 3 N–H and O–H groups in total. The van der Waals surface area contributed by atoms with Gasteiger partial charge >= 0.3 is 0 Å². The quantitative estimate of drug-likeness (QED) is 0.701. The van der Waals surface area contributed by atoms with E-state index in [4.69, 9.17) is 15.2 Å². The zero-order chi connectivity index (χ0) is 16.7. The van der Waals surface area contributed by atoms with Crippen LogP contribution in [0.5, 0.6) is 0 Å². The molecule has 0 atom stereocenters.